The predicted molar refractivity (Wildman–Crippen MR) is 73.7 cm³/mol. The maximum absolute atomic E-state index is 5.95. The molecule has 2 rings (SSSR count). The Hall–Kier alpha value is -2.23. The third-order valence-corrected chi connectivity index (χ3v) is 2.79. The number of benzene rings is 1. The zero-order valence-electron chi connectivity index (χ0n) is 10.6. The van der Waals surface area contributed by atoms with Crippen LogP contribution in [0.25, 0.3) is 0 Å². The maximum Gasteiger partial charge on any atom is 0.214 e. The van der Waals surface area contributed by atoms with Gasteiger partial charge in [0.15, 0.2) is 0 Å². The molecule has 18 heavy (non-hydrogen) atoms. The molecular formula is C14H17N3O. The number of methoxy groups -OCH3 is 1. The smallest absolute Gasteiger partial charge is 0.214 e. The molecule has 3 N–H and O–H groups in total. The largest absolute Gasteiger partial charge is 0.481 e. The van der Waals surface area contributed by atoms with Gasteiger partial charge >= 0.3 is 0 Å². The maximum atomic E-state index is 5.95. The van der Waals surface area contributed by atoms with E-state index in [2.05, 4.69) is 17.2 Å². The summed E-state index contributed by atoms with van der Waals surface area (Å²) in [5.41, 5.74) is 8.78. The number of nitrogens with zero attached hydrogens (tertiary/aromatic N) is 1. The molecule has 0 bridgehead atoms. The fraction of sp³-hybridized carbons (Fsp3) is 0.214. The van der Waals surface area contributed by atoms with E-state index in [1.165, 1.54) is 0 Å². The van der Waals surface area contributed by atoms with Crippen molar-refractivity contribution in [2.45, 2.75) is 13.0 Å². The molecule has 4 heteroatoms. The van der Waals surface area contributed by atoms with Crippen molar-refractivity contribution in [3.05, 3.63) is 48.2 Å². The summed E-state index contributed by atoms with van der Waals surface area (Å²) in [5, 5.41) is 3.37. The first-order chi connectivity index (χ1) is 8.70. The predicted octanol–water partition coefficient (Wildman–Crippen LogP) is 2.85. The van der Waals surface area contributed by atoms with E-state index < -0.39 is 0 Å². The van der Waals surface area contributed by atoms with E-state index in [1.54, 1.807) is 13.3 Å². The van der Waals surface area contributed by atoms with E-state index >= 15 is 0 Å². The first kappa shape index (κ1) is 12.2. The number of nitrogen functional groups attached to an aromatic ring is 1. The number of para-hydroxylation sites is 1. The van der Waals surface area contributed by atoms with Crippen molar-refractivity contribution < 1.29 is 4.74 Å². The van der Waals surface area contributed by atoms with Crippen molar-refractivity contribution >= 4 is 11.4 Å². The van der Waals surface area contributed by atoms with Gasteiger partial charge in [0, 0.05) is 23.6 Å². The van der Waals surface area contributed by atoms with E-state index in [4.69, 9.17) is 10.5 Å². The Morgan fingerprint density at radius 3 is 2.78 bits per heavy atom. The number of anilines is 2. The van der Waals surface area contributed by atoms with Gasteiger partial charge in [-0.25, -0.2) is 4.98 Å². The Morgan fingerprint density at radius 1 is 1.28 bits per heavy atom. The topological polar surface area (TPSA) is 60.2 Å². The number of aromatic nitrogens is 1. The minimum absolute atomic E-state index is 0.123. The van der Waals surface area contributed by atoms with Crippen molar-refractivity contribution in [3.8, 4) is 5.88 Å². The summed E-state index contributed by atoms with van der Waals surface area (Å²) < 4.78 is 5.09. The molecule has 2 aromatic rings. The summed E-state index contributed by atoms with van der Waals surface area (Å²) in [6, 6.07) is 11.7. The molecule has 1 aromatic carbocycles. The highest BCUT2D eigenvalue weighted by atomic mass is 16.5. The van der Waals surface area contributed by atoms with Crippen LogP contribution in [0.15, 0.2) is 42.6 Å². The second kappa shape index (κ2) is 5.40. The molecule has 0 aliphatic heterocycles. The summed E-state index contributed by atoms with van der Waals surface area (Å²) in [7, 11) is 1.60. The van der Waals surface area contributed by atoms with E-state index in [-0.39, 0.29) is 6.04 Å². The van der Waals surface area contributed by atoms with Gasteiger partial charge in [-0.15, -0.1) is 0 Å². The van der Waals surface area contributed by atoms with Crippen molar-refractivity contribution in [3.63, 3.8) is 0 Å². The van der Waals surface area contributed by atoms with Gasteiger partial charge in [-0.3, -0.25) is 0 Å². The van der Waals surface area contributed by atoms with Crippen molar-refractivity contribution in [1.29, 1.82) is 0 Å². The lowest BCUT2D eigenvalue weighted by Gasteiger charge is -2.17. The zero-order valence-corrected chi connectivity index (χ0v) is 10.6. The second-order valence-corrected chi connectivity index (χ2v) is 4.08. The molecule has 1 atom stereocenters. The van der Waals surface area contributed by atoms with Gasteiger partial charge < -0.3 is 15.8 Å². The third-order valence-electron chi connectivity index (χ3n) is 2.79. The lowest BCUT2D eigenvalue weighted by Crippen LogP contribution is -2.09. The van der Waals surface area contributed by atoms with Crippen LogP contribution in [0.5, 0.6) is 5.88 Å². The first-order valence-electron chi connectivity index (χ1n) is 5.81. The molecule has 0 radical (unpaired) electrons. The minimum Gasteiger partial charge on any atom is -0.481 e. The molecule has 0 aliphatic rings. The fourth-order valence-electron chi connectivity index (χ4n) is 1.84. The van der Waals surface area contributed by atoms with Crippen LogP contribution in [0.3, 0.4) is 0 Å². The Balaban J connectivity index is 2.16. The molecule has 1 unspecified atom stereocenters. The number of pyridine rings is 1. The van der Waals surface area contributed by atoms with Crippen LogP contribution in [0, 0.1) is 0 Å². The van der Waals surface area contributed by atoms with E-state index in [1.807, 2.05) is 36.4 Å². The highest BCUT2D eigenvalue weighted by Crippen LogP contribution is 2.24. The SMILES string of the molecule is COc1cc(NC(C)c2ccccc2N)ccn1. The summed E-state index contributed by atoms with van der Waals surface area (Å²) in [6.07, 6.45) is 1.71. The lowest BCUT2D eigenvalue weighted by molar-refractivity contribution is 0.398. The number of hydrogen-bond acceptors (Lipinski definition) is 4. The van der Waals surface area contributed by atoms with E-state index in [0.717, 1.165) is 16.9 Å². The molecule has 1 heterocycles. The van der Waals surface area contributed by atoms with Crippen LogP contribution in [0.2, 0.25) is 0 Å². The van der Waals surface area contributed by atoms with Gasteiger partial charge in [-0.1, -0.05) is 18.2 Å². The van der Waals surface area contributed by atoms with Crippen molar-refractivity contribution in [1.82, 2.24) is 4.98 Å². The van der Waals surface area contributed by atoms with Crippen molar-refractivity contribution in [2.75, 3.05) is 18.2 Å². The monoisotopic (exact) mass is 243 g/mol. The highest BCUT2D eigenvalue weighted by molar-refractivity contribution is 5.53. The van der Waals surface area contributed by atoms with Gasteiger partial charge in [0.2, 0.25) is 5.88 Å². The van der Waals surface area contributed by atoms with Gasteiger partial charge in [0.25, 0.3) is 0 Å². The minimum atomic E-state index is 0.123. The number of nitrogens with two attached hydrogens (primary N) is 1. The van der Waals surface area contributed by atoms with Gasteiger partial charge in [0.05, 0.1) is 13.2 Å². The highest BCUT2D eigenvalue weighted by Gasteiger charge is 2.08. The summed E-state index contributed by atoms with van der Waals surface area (Å²) in [4.78, 5) is 4.07. The second-order valence-electron chi connectivity index (χ2n) is 4.08. The van der Waals surface area contributed by atoms with Crippen molar-refractivity contribution in [2.24, 2.45) is 0 Å². The summed E-state index contributed by atoms with van der Waals surface area (Å²) in [5.74, 6) is 0.591. The number of hydrogen-bond donors (Lipinski definition) is 2. The average Bonchev–Trinajstić information content (AvgIpc) is 2.39. The van der Waals surface area contributed by atoms with Crippen LogP contribution in [-0.4, -0.2) is 12.1 Å². The zero-order chi connectivity index (χ0) is 13.0. The lowest BCUT2D eigenvalue weighted by atomic mass is 10.1. The first-order valence-corrected chi connectivity index (χ1v) is 5.81. The van der Waals surface area contributed by atoms with Gasteiger partial charge in [-0.2, -0.15) is 0 Å². The molecule has 0 aliphatic carbocycles. The molecular weight excluding hydrogens is 226 g/mol. The molecule has 0 saturated heterocycles. The van der Waals surface area contributed by atoms with Crippen LogP contribution < -0.4 is 15.8 Å². The van der Waals surface area contributed by atoms with E-state index in [0.29, 0.717) is 5.88 Å². The molecule has 94 valence electrons. The average molecular weight is 243 g/mol. The summed E-state index contributed by atoms with van der Waals surface area (Å²) >= 11 is 0. The fourth-order valence-corrected chi connectivity index (χ4v) is 1.84. The Labute approximate surface area is 107 Å². The molecule has 4 nitrogen and oxygen atoms in total. The molecule has 0 amide bonds. The van der Waals surface area contributed by atoms with Gasteiger partial charge in [0.1, 0.15) is 0 Å². The molecule has 1 aromatic heterocycles. The number of ether oxygens (including phenoxy) is 1. The Bertz CT molecular complexity index is 528. The number of rotatable bonds is 4. The van der Waals surface area contributed by atoms with Crippen LogP contribution >= 0.6 is 0 Å². The Kier molecular flexibility index (Phi) is 3.67. The number of nitrogens with one attached hydrogen (secondary N) is 1. The molecule has 0 spiro atoms. The van der Waals surface area contributed by atoms with Crippen LogP contribution in [0.4, 0.5) is 11.4 Å². The third kappa shape index (κ3) is 2.71. The van der Waals surface area contributed by atoms with Crippen LogP contribution in [0.1, 0.15) is 18.5 Å². The molecule has 0 fully saturated rings. The normalized spacial score (nSPS) is 11.9. The van der Waals surface area contributed by atoms with Crippen LogP contribution in [-0.2, 0) is 0 Å². The quantitative estimate of drug-likeness (QED) is 0.811. The van der Waals surface area contributed by atoms with E-state index in [9.17, 15) is 0 Å². The standard InChI is InChI=1S/C14H17N3O/c1-10(12-5-3-4-6-13(12)15)17-11-7-8-16-14(9-11)18-2/h3-10H,15H2,1-2H3,(H,16,17). The van der Waals surface area contributed by atoms with Gasteiger partial charge in [-0.05, 0) is 24.6 Å². The Morgan fingerprint density at radius 2 is 2.06 bits per heavy atom. The summed E-state index contributed by atoms with van der Waals surface area (Å²) in [6.45, 7) is 2.07. The molecule has 0 saturated carbocycles.